The van der Waals surface area contributed by atoms with Gasteiger partial charge in [-0.15, -0.1) is 11.3 Å². The Morgan fingerprint density at radius 3 is 2.42 bits per heavy atom. The van der Waals surface area contributed by atoms with Crippen molar-refractivity contribution in [1.29, 1.82) is 5.26 Å². The lowest BCUT2D eigenvalue weighted by atomic mass is 9.96. The third-order valence-electron chi connectivity index (χ3n) is 4.91. The molecule has 0 radical (unpaired) electrons. The first-order valence-electron chi connectivity index (χ1n) is 9.19. The van der Waals surface area contributed by atoms with Crippen LogP contribution in [-0.2, 0) is 22.4 Å². The summed E-state index contributed by atoms with van der Waals surface area (Å²) < 4.78 is 47.3. The number of amides is 1. The van der Waals surface area contributed by atoms with Crippen LogP contribution in [0.1, 0.15) is 39.2 Å². The summed E-state index contributed by atoms with van der Waals surface area (Å²) in [4.78, 5) is 25.8. The van der Waals surface area contributed by atoms with Crippen LogP contribution in [-0.4, -0.2) is 30.8 Å². The summed E-state index contributed by atoms with van der Waals surface area (Å²) in [7, 11) is 0.781. The van der Waals surface area contributed by atoms with E-state index in [4.69, 9.17) is 11.6 Å². The number of halogens is 4. The fourth-order valence-corrected chi connectivity index (χ4v) is 4.75. The second kappa shape index (κ2) is 8.77. The van der Waals surface area contributed by atoms with Crippen molar-refractivity contribution in [2.45, 2.75) is 37.5 Å². The second-order valence-electron chi connectivity index (χ2n) is 6.85. The number of nitrogens with zero attached hydrogens (tertiary/aromatic N) is 1. The Balaban J connectivity index is 2.08. The number of carbonyl (C=O) groups excluding carboxylic acids is 2. The Kier molecular flexibility index (Phi) is 6.48. The number of alkyl halides is 3. The normalized spacial score (nSPS) is 15.2. The summed E-state index contributed by atoms with van der Waals surface area (Å²) in [5.74, 6) is -2.94. The predicted molar refractivity (Wildman–Crippen MR) is 109 cm³/mol. The van der Waals surface area contributed by atoms with Gasteiger partial charge in [-0.05, 0) is 55.5 Å². The average Bonchev–Trinajstić information content (AvgIpc) is 3.08. The standard InChI is InChI=1S/C20H17ClF3N3O3S/c1-30-18(29)19(20(22,23)24,26-16(28)11-6-8-12(21)9-7-11)27-17-14(10-25)13-4-2-3-5-15(13)31-17/h6-9,27H,2-5H2,1H3,(H,26,28). The Labute approximate surface area is 185 Å². The van der Waals surface area contributed by atoms with Crippen molar-refractivity contribution in [2.24, 2.45) is 0 Å². The van der Waals surface area contributed by atoms with Crippen LogP contribution in [0.3, 0.4) is 0 Å². The van der Waals surface area contributed by atoms with Crippen molar-refractivity contribution in [3.8, 4) is 6.07 Å². The first kappa shape index (κ1) is 22.9. The van der Waals surface area contributed by atoms with Crippen molar-refractivity contribution in [3.05, 3.63) is 50.9 Å². The topological polar surface area (TPSA) is 91.2 Å². The number of rotatable bonds is 5. The molecule has 1 aromatic heterocycles. The van der Waals surface area contributed by atoms with E-state index in [9.17, 15) is 28.0 Å². The number of anilines is 1. The minimum atomic E-state index is -5.29. The third kappa shape index (κ3) is 4.34. The van der Waals surface area contributed by atoms with E-state index < -0.39 is 23.7 Å². The molecule has 1 aromatic carbocycles. The molecule has 1 aliphatic carbocycles. The summed E-state index contributed by atoms with van der Waals surface area (Å²) in [5.41, 5.74) is -3.03. The van der Waals surface area contributed by atoms with Gasteiger partial charge >= 0.3 is 17.8 Å². The van der Waals surface area contributed by atoms with Gasteiger partial charge in [0.15, 0.2) is 0 Å². The van der Waals surface area contributed by atoms with Crippen LogP contribution in [0.25, 0.3) is 0 Å². The summed E-state index contributed by atoms with van der Waals surface area (Å²) in [5, 5.41) is 13.6. The quantitative estimate of drug-likeness (QED) is 0.497. The summed E-state index contributed by atoms with van der Waals surface area (Å²) in [6.45, 7) is 0. The number of fused-ring (bicyclic) bond motifs is 1. The van der Waals surface area contributed by atoms with Gasteiger partial charge < -0.3 is 15.4 Å². The molecule has 2 N–H and O–H groups in total. The molecule has 164 valence electrons. The molecule has 11 heteroatoms. The van der Waals surface area contributed by atoms with E-state index in [0.29, 0.717) is 18.4 Å². The van der Waals surface area contributed by atoms with Crippen molar-refractivity contribution in [1.82, 2.24) is 5.32 Å². The summed E-state index contributed by atoms with van der Waals surface area (Å²) in [6, 6.07) is 7.04. The number of methoxy groups -OCH3 is 1. The Bertz CT molecular complexity index is 1050. The highest BCUT2D eigenvalue weighted by atomic mass is 35.5. The molecule has 1 atom stereocenters. The van der Waals surface area contributed by atoms with E-state index >= 15 is 0 Å². The average molecular weight is 472 g/mol. The van der Waals surface area contributed by atoms with Gasteiger partial charge in [0.2, 0.25) is 0 Å². The van der Waals surface area contributed by atoms with Crippen LogP contribution in [0.15, 0.2) is 24.3 Å². The maximum absolute atomic E-state index is 14.3. The van der Waals surface area contributed by atoms with E-state index in [1.165, 1.54) is 24.3 Å². The number of thiophene rings is 1. The zero-order valence-electron chi connectivity index (χ0n) is 16.2. The molecule has 2 aromatic rings. The molecule has 31 heavy (non-hydrogen) atoms. The highest BCUT2D eigenvalue weighted by molar-refractivity contribution is 7.16. The van der Waals surface area contributed by atoms with Crippen molar-refractivity contribution in [2.75, 3.05) is 12.4 Å². The van der Waals surface area contributed by atoms with E-state index in [0.717, 1.165) is 36.2 Å². The van der Waals surface area contributed by atoms with Crippen LogP contribution in [0.5, 0.6) is 0 Å². The Morgan fingerprint density at radius 1 is 1.19 bits per heavy atom. The van der Waals surface area contributed by atoms with Crippen LogP contribution in [0, 0.1) is 11.3 Å². The number of carbonyl (C=O) groups is 2. The lowest BCUT2D eigenvalue weighted by molar-refractivity contribution is -0.203. The maximum atomic E-state index is 14.3. The number of nitrogens with one attached hydrogen (secondary N) is 2. The molecule has 1 amide bonds. The predicted octanol–water partition coefficient (Wildman–Crippen LogP) is 4.43. The highest BCUT2D eigenvalue weighted by Crippen LogP contribution is 2.41. The number of esters is 1. The SMILES string of the molecule is COC(=O)C(NC(=O)c1ccc(Cl)cc1)(Nc1sc2c(c1C#N)CCCC2)C(F)(F)F. The number of nitriles is 1. The van der Waals surface area contributed by atoms with Crippen LogP contribution >= 0.6 is 22.9 Å². The Morgan fingerprint density at radius 2 is 1.84 bits per heavy atom. The number of ether oxygens (including phenoxy) is 1. The van der Waals surface area contributed by atoms with Gasteiger partial charge in [-0.2, -0.15) is 18.4 Å². The smallest absolute Gasteiger partial charge is 0.441 e. The molecule has 0 fully saturated rings. The first-order valence-corrected chi connectivity index (χ1v) is 10.4. The third-order valence-corrected chi connectivity index (χ3v) is 6.37. The molecule has 1 heterocycles. The molecule has 0 aliphatic heterocycles. The van der Waals surface area contributed by atoms with E-state index in [-0.39, 0.29) is 21.2 Å². The first-order chi connectivity index (χ1) is 14.6. The zero-order chi connectivity index (χ0) is 22.8. The molecule has 6 nitrogen and oxygen atoms in total. The number of aryl methyl sites for hydroxylation is 1. The van der Waals surface area contributed by atoms with Crippen molar-refractivity contribution in [3.63, 3.8) is 0 Å². The maximum Gasteiger partial charge on any atom is 0.441 e. The van der Waals surface area contributed by atoms with Gasteiger partial charge in [0.25, 0.3) is 5.91 Å². The van der Waals surface area contributed by atoms with Crippen LogP contribution < -0.4 is 10.6 Å². The van der Waals surface area contributed by atoms with Gasteiger partial charge in [-0.1, -0.05) is 11.6 Å². The minimum Gasteiger partial charge on any atom is -0.466 e. The fraction of sp³-hybridized carbons (Fsp3) is 0.350. The molecular weight excluding hydrogens is 455 g/mol. The Hall–Kier alpha value is -2.77. The largest absolute Gasteiger partial charge is 0.466 e. The van der Waals surface area contributed by atoms with Crippen molar-refractivity contribution >= 4 is 39.8 Å². The monoisotopic (exact) mass is 471 g/mol. The van der Waals surface area contributed by atoms with Gasteiger partial charge in [0, 0.05) is 15.5 Å². The molecule has 3 rings (SSSR count). The van der Waals surface area contributed by atoms with Crippen LogP contribution in [0.2, 0.25) is 5.02 Å². The molecule has 0 spiro atoms. The molecule has 0 bridgehead atoms. The summed E-state index contributed by atoms with van der Waals surface area (Å²) >= 11 is 6.73. The molecule has 0 saturated heterocycles. The lowest BCUT2D eigenvalue weighted by Gasteiger charge is -2.34. The fourth-order valence-electron chi connectivity index (χ4n) is 3.33. The zero-order valence-corrected chi connectivity index (χ0v) is 17.8. The van der Waals surface area contributed by atoms with Gasteiger partial charge in [0.1, 0.15) is 11.1 Å². The van der Waals surface area contributed by atoms with Gasteiger partial charge in [0.05, 0.1) is 12.7 Å². The van der Waals surface area contributed by atoms with Crippen LogP contribution in [0.4, 0.5) is 18.2 Å². The lowest BCUT2D eigenvalue weighted by Crippen LogP contribution is -2.69. The highest BCUT2D eigenvalue weighted by Gasteiger charge is 2.64. The van der Waals surface area contributed by atoms with E-state index in [2.05, 4.69) is 10.1 Å². The minimum absolute atomic E-state index is 0.0398. The van der Waals surface area contributed by atoms with E-state index in [1.807, 2.05) is 6.07 Å². The van der Waals surface area contributed by atoms with Gasteiger partial charge in [-0.3, -0.25) is 4.79 Å². The molecule has 1 unspecified atom stereocenters. The molecule has 1 aliphatic rings. The number of benzene rings is 1. The number of hydrogen-bond donors (Lipinski definition) is 2. The van der Waals surface area contributed by atoms with Gasteiger partial charge in [-0.25, -0.2) is 4.79 Å². The summed E-state index contributed by atoms with van der Waals surface area (Å²) in [6.07, 6.45) is -2.44. The van der Waals surface area contributed by atoms with E-state index in [1.54, 1.807) is 5.32 Å². The molecular formula is C20H17ClF3N3O3S. The second-order valence-corrected chi connectivity index (χ2v) is 8.39. The molecule has 0 saturated carbocycles. The number of hydrogen-bond acceptors (Lipinski definition) is 6. The van der Waals surface area contributed by atoms with Crippen molar-refractivity contribution < 1.29 is 27.5 Å².